The fourth-order valence-corrected chi connectivity index (χ4v) is 3.70. The van der Waals surface area contributed by atoms with Crippen molar-refractivity contribution in [2.24, 2.45) is 5.73 Å². The monoisotopic (exact) mass is 291 g/mol. The van der Waals surface area contributed by atoms with Crippen LogP contribution in [0.25, 0.3) is 0 Å². The highest BCUT2D eigenvalue weighted by Gasteiger charge is 2.21. The van der Waals surface area contributed by atoms with Gasteiger partial charge >= 0.3 is 0 Å². The van der Waals surface area contributed by atoms with Crippen LogP contribution in [0.4, 0.5) is 0 Å². The predicted molar refractivity (Wildman–Crippen MR) is 84.0 cm³/mol. The first-order valence-corrected chi connectivity index (χ1v) is 8.74. The number of hydrogen-bond donors (Lipinski definition) is 1. The largest absolute Gasteiger partial charge is 0.370 e. The van der Waals surface area contributed by atoms with E-state index in [9.17, 15) is 0 Å². The average molecular weight is 291 g/mol. The quantitative estimate of drug-likeness (QED) is 0.863. The maximum Gasteiger partial charge on any atom is 0.0911 e. The first-order valence-electron chi connectivity index (χ1n) is 8.74. The Balaban J connectivity index is 1.52. The van der Waals surface area contributed by atoms with Gasteiger partial charge in [0.2, 0.25) is 0 Å². The van der Waals surface area contributed by atoms with E-state index in [1.54, 1.807) is 0 Å². The molecule has 1 aromatic heterocycles. The molecular formula is C17H29N3O. The van der Waals surface area contributed by atoms with Gasteiger partial charge in [-0.25, -0.2) is 0 Å². The van der Waals surface area contributed by atoms with E-state index < -0.39 is 0 Å². The van der Waals surface area contributed by atoms with Crippen molar-refractivity contribution in [1.82, 2.24) is 9.78 Å². The lowest BCUT2D eigenvalue weighted by Gasteiger charge is -2.22. The maximum atomic E-state index is 6.21. The molecule has 1 aromatic rings. The van der Waals surface area contributed by atoms with Crippen molar-refractivity contribution in [2.75, 3.05) is 0 Å². The molecule has 0 radical (unpaired) electrons. The smallest absolute Gasteiger partial charge is 0.0911 e. The fraction of sp³-hybridized carbons (Fsp3) is 0.824. The Kier molecular flexibility index (Phi) is 5.31. The third kappa shape index (κ3) is 4.07. The van der Waals surface area contributed by atoms with Crippen molar-refractivity contribution in [3.8, 4) is 0 Å². The lowest BCUT2D eigenvalue weighted by atomic mass is 9.96. The molecule has 0 amide bonds. The molecule has 0 spiro atoms. The van der Waals surface area contributed by atoms with Gasteiger partial charge in [-0.2, -0.15) is 5.10 Å². The van der Waals surface area contributed by atoms with Gasteiger partial charge in [-0.3, -0.25) is 4.68 Å². The molecule has 0 aromatic carbocycles. The summed E-state index contributed by atoms with van der Waals surface area (Å²) in [6.07, 6.45) is 14.9. The van der Waals surface area contributed by atoms with Crippen molar-refractivity contribution in [2.45, 2.75) is 89.0 Å². The van der Waals surface area contributed by atoms with E-state index in [1.165, 1.54) is 51.4 Å². The van der Waals surface area contributed by atoms with Crippen LogP contribution in [0.5, 0.6) is 0 Å². The zero-order valence-electron chi connectivity index (χ0n) is 13.0. The van der Waals surface area contributed by atoms with Gasteiger partial charge in [0.05, 0.1) is 24.4 Å². The Morgan fingerprint density at radius 3 is 2.57 bits per heavy atom. The van der Waals surface area contributed by atoms with Crippen LogP contribution in [0.15, 0.2) is 12.3 Å². The summed E-state index contributed by atoms with van der Waals surface area (Å²) in [7, 11) is 0. The summed E-state index contributed by atoms with van der Waals surface area (Å²) < 4.78 is 8.22. The summed E-state index contributed by atoms with van der Waals surface area (Å²) in [5, 5.41) is 4.72. The van der Waals surface area contributed by atoms with Gasteiger partial charge in [-0.15, -0.1) is 0 Å². The molecule has 2 unspecified atom stereocenters. The summed E-state index contributed by atoms with van der Waals surface area (Å²) in [6, 6.07) is 2.91. The van der Waals surface area contributed by atoms with Crippen molar-refractivity contribution in [3.63, 3.8) is 0 Å². The second kappa shape index (κ2) is 7.41. The van der Waals surface area contributed by atoms with Gasteiger partial charge in [0.25, 0.3) is 0 Å². The second-order valence-corrected chi connectivity index (χ2v) is 6.73. The summed E-state index contributed by atoms with van der Waals surface area (Å²) in [5.41, 5.74) is 7.27. The number of aromatic nitrogens is 2. The van der Waals surface area contributed by atoms with Gasteiger partial charge in [-0.1, -0.05) is 38.5 Å². The number of nitrogens with two attached hydrogens (primary N) is 1. The van der Waals surface area contributed by atoms with E-state index >= 15 is 0 Å². The van der Waals surface area contributed by atoms with Gasteiger partial charge in [-0.05, 0) is 31.7 Å². The Bertz CT molecular complexity index is 425. The minimum atomic E-state index is 0.202. The molecule has 2 saturated carbocycles. The fourth-order valence-electron chi connectivity index (χ4n) is 3.70. The van der Waals surface area contributed by atoms with Crippen molar-refractivity contribution in [3.05, 3.63) is 18.0 Å². The van der Waals surface area contributed by atoms with Crippen LogP contribution in [0.2, 0.25) is 0 Å². The van der Waals surface area contributed by atoms with Gasteiger partial charge < -0.3 is 10.5 Å². The van der Waals surface area contributed by atoms with Gasteiger partial charge in [0.1, 0.15) is 0 Å². The van der Waals surface area contributed by atoms with Gasteiger partial charge in [0.15, 0.2) is 0 Å². The van der Waals surface area contributed by atoms with E-state index in [1.807, 2.05) is 0 Å². The first kappa shape index (κ1) is 15.0. The molecule has 0 aliphatic heterocycles. The van der Waals surface area contributed by atoms with E-state index in [0.717, 1.165) is 18.5 Å². The van der Waals surface area contributed by atoms with Crippen LogP contribution in [0.3, 0.4) is 0 Å². The molecule has 2 fully saturated rings. The van der Waals surface area contributed by atoms with E-state index in [4.69, 9.17) is 15.6 Å². The van der Waals surface area contributed by atoms with Crippen LogP contribution >= 0.6 is 0 Å². The summed E-state index contributed by atoms with van der Waals surface area (Å²) in [4.78, 5) is 0. The molecule has 2 atom stereocenters. The molecule has 21 heavy (non-hydrogen) atoms. The third-order valence-corrected chi connectivity index (χ3v) is 5.06. The maximum absolute atomic E-state index is 6.21. The van der Waals surface area contributed by atoms with Crippen LogP contribution in [-0.4, -0.2) is 21.9 Å². The zero-order valence-corrected chi connectivity index (χ0v) is 13.0. The van der Waals surface area contributed by atoms with E-state index in [2.05, 4.69) is 16.9 Å². The van der Waals surface area contributed by atoms with Crippen molar-refractivity contribution in [1.29, 1.82) is 0 Å². The normalized spacial score (nSPS) is 28.4. The van der Waals surface area contributed by atoms with Gasteiger partial charge in [0, 0.05) is 12.2 Å². The van der Waals surface area contributed by atoms with Crippen LogP contribution in [-0.2, 0) is 11.3 Å². The lowest BCUT2D eigenvalue weighted by molar-refractivity contribution is 0.0174. The highest BCUT2D eigenvalue weighted by atomic mass is 16.5. The second-order valence-electron chi connectivity index (χ2n) is 6.73. The minimum Gasteiger partial charge on any atom is -0.370 e. The molecule has 1 heterocycles. The number of nitrogens with zero attached hydrogens (tertiary/aromatic N) is 2. The standard InChI is InChI=1S/C17H29N3O/c18-16-9-5-2-6-10-17(16)21-13-14-11-12-20(19-14)15-7-3-1-4-8-15/h11-12,15-17H,1-10,13,18H2. The summed E-state index contributed by atoms with van der Waals surface area (Å²) >= 11 is 0. The van der Waals surface area contributed by atoms with Crippen molar-refractivity contribution < 1.29 is 4.74 Å². The number of ether oxygens (including phenoxy) is 1. The molecule has 2 N–H and O–H groups in total. The lowest BCUT2D eigenvalue weighted by Crippen LogP contribution is -2.35. The zero-order chi connectivity index (χ0) is 14.5. The third-order valence-electron chi connectivity index (χ3n) is 5.06. The van der Waals surface area contributed by atoms with E-state index in [0.29, 0.717) is 12.6 Å². The molecule has 0 saturated heterocycles. The molecule has 3 rings (SSSR count). The van der Waals surface area contributed by atoms with E-state index in [-0.39, 0.29) is 12.1 Å². The first-order chi connectivity index (χ1) is 10.3. The molecular weight excluding hydrogens is 262 g/mol. The molecule has 0 bridgehead atoms. The SMILES string of the molecule is NC1CCCCCC1OCc1ccn(C2CCCCC2)n1. The molecule has 4 nitrogen and oxygen atoms in total. The molecule has 2 aliphatic rings. The topological polar surface area (TPSA) is 53.1 Å². The van der Waals surface area contributed by atoms with Crippen LogP contribution in [0.1, 0.15) is 75.9 Å². The Morgan fingerprint density at radius 2 is 1.76 bits per heavy atom. The highest BCUT2D eigenvalue weighted by molar-refractivity contribution is 4.99. The average Bonchev–Trinajstić information content (AvgIpc) is 2.90. The minimum absolute atomic E-state index is 0.202. The molecule has 2 aliphatic carbocycles. The van der Waals surface area contributed by atoms with Crippen LogP contribution in [0, 0.1) is 0 Å². The predicted octanol–water partition coefficient (Wildman–Crippen LogP) is 3.56. The Hall–Kier alpha value is -0.870. The highest BCUT2D eigenvalue weighted by Crippen LogP contribution is 2.27. The summed E-state index contributed by atoms with van der Waals surface area (Å²) in [5.74, 6) is 0. The molecule has 118 valence electrons. The number of rotatable bonds is 4. The van der Waals surface area contributed by atoms with Crippen molar-refractivity contribution >= 4 is 0 Å². The summed E-state index contributed by atoms with van der Waals surface area (Å²) in [6.45, 7) is 0.609. The molecule has 4 heteroatoms. The Morgan fingerprint density at radius 1 is 1.05 bits per heavy atom. The number of hydrogen-bond acceptors (Lipinski definition) is 3. The Labute approximate surface area is 128 Å². The van der Waals surface area contributed by atoms with Crippen LogP contribution < -0.4 is 5.73 Å².